The third kappa shape index (κ3) is 3.09. The molecule has 0 aromatic rings. The summed E-state index contributed by atoms with van der Waals surface area (Å²) >= 11 is 0. The van der Waals surface area contributed by atoms with Crippen molar-refractivity contribution in [2.75, 3.05) is 26.7 Å². The van der Waals surface area contributed by atoms with Crippen molar-refractivity contribution in [2.24, 2.45) is 5.73 Å². The molecule has 1 aliphatic rings. The number of piperidine rings is 1. The Balaban J connectivity index is 2.17. The number of hydrogen-bond acceptors (Lipinski definition) is 3. The molecular formula is C9H20N2O. The van der Waals surface area contributed by atoms with Crippen LogP contribution in [0.1, 0.15) is 19.8 Å². The maximum atomic E-state index is 5.72. The molecule has 1 rings (SSSR count). The lowest BCUT2D eigenvalue weighted by atomic mass is 10.1. The SMILES string of the molecule is COC1CCN(CC(C)N)CC1. The summed E-state index contributed by atoms with van der Waals surface area (Å²) in [4.78, 5) is 2.42. The zero-order chi connectivity index (χ0) is 8.97. The van der Waals surface area contributed by atoms with Gasteiger partial charge in [0.15, 0.2) is 0 Å². The molecule has 0 aromatic carbocycles. The van der Waals surface area contributed by atoms with Crippen molar-refractivity contribution >= 4 is 0 Å². The molecule has 12 heavy (non-hydrogen) atoms. The van der Waals surface area contributed by atoms with E-state index in [0.29, 0.717) is 12.1 Å². The largest absolute Gasteiger partial charge is 0.381 e. The van der Waals surface area contributed by atoms with E-state index in [-0.39, 0.29) is 0 Å². The number of nitrogens with zero attached hydrogens (tertiary/aromatic N) is 1. The van der Waals surface area contributed by atoms with Crippen LogP contribution < -0.4 is 5.73 Å². The molecule has 0 radical (unpaired) electrons. The molecule has 0 spiro atoms. The van der Waals surface area contributed by atoms with Crippen LogP contribution in [0.15, 0.2) is 0 Å². The van der Waals surface area contributed by atoms with E-state index in [0.717, 1.165) is 32.5 Å². The van der Waals surface area contributed by atoms with Crippen molar-refractivity contribution in [1.82, 2.24) is 4.90 Å². The maximum absolute atomic E-state index is 5.72. The van der Waals surface area contributed by atoms with Gasteiger partial charge in [-0.2, -0.15) is 0 Å². The molecule has 1 unspecified atom stereocenters. The molecule has 1 saturated heterocycles. The van der Waals surface area contributed by atoms with Crippen molar-refractivity contribution in [3.05, 3.63) is 0 Å². The van der Waals surface area contributed by atoms with Gasteiger partial charge in [0.2, 0.25) is 0 Å². The molecule has 2 N–H and O–H groups in total. The van der Waals surface area contributed by atoms with E-state index in [1.165, 1.54) is 0 Å². The Morgan fingerprint density at radius 3 is 2.50 bits per heavy atom. The van der Waals surface area contributed by atoms with Gasteiger partial charge in [0.05, 0.1) is 6.10 Å². The molecule has 3 heteroatoms. The zero-order valence-electron chi connectivity index (χ0n) is 8.12. The predicted octanol–water partition coefficient (Wildman–Crippen LogP) is 0.444. The Bertz CT molecular complexity index is 120. The summed E-state index contributed by atoms with van der Waals surface area (Å²) in [6, 6.07) is 0.295. The van der Waals surface area contributed by atoms with Crippen LogP contribution in [0.25, 0.3) is 0 Å². The second-order valence-electron chi connectivity index (χ2n) is 3.71. The predicted molar refractivity (Wildman–Crippen MR) is 50.1 cm³/mol. The molecule has 1 aliphatic heterocycles. The van der Waals surface area contributed by atoms with E-state index in [1.807, 2.05) is 0 Å². The number of nitrogens with two attached hydrogens (primary N) is 1. The Hall–Kier alpha value is -0.120. The summed E-state index contributed by atoms with van der Waals surface area (Å²) in [6.45, 7) is 5.36. The fourth-order valence-electron chi connectivity index (χ4n) is 1.73. The van der Waals surface area contributed by atoms with Crippen LogP contribution >= 0.6 is 0 Å². The number of rotatable bonds is 3. The highest BCUT2D eigenvalue weighted by Crippen LogP contribution is 2.12. The van der Waals surface area contributed by atoms with Crippen molar-refractivity contribution < 1.29 is 4.74 Å². The van der Waals surface area contributed by atoms with Crippen molar-refractivity contribution in [3.8, 4) is 0 Å². The molecule has 0 aliphatic carbocycles. The van der Waals surface area contributed by atoms with Gasteiger partial charge in [0, 0.05) is 32.8 Å². The van der Waals surface area contributed by atoms with Crippen LogP contribution in [0.2, 0.25) is 0 Å². The molecule has 0 saturated carbocycles. The summed E-state index contributed by atoms with van der Waals surface area (Å²) < 4.78 is 5.29. The Morgan fingerprint density at radius 2 is 2.08 bits per heavy atom. The van der Waals surface area contributed by atoms with E-state index in [4.69, 9.17) is 10.5 Å². The molecule has 1 heterocycles. The summed E-state index contributed by atoms with van der Waals surface area (Å²) in [6.07, 6.45) is 2.79. The molecule has 72 valence electrons. The van der Waals surface area contributed by atoms with Gasteiger partial charge in [-0.15, -0.1) is 0 Å². The van der Waals surface area contributed by atoms with Crippen LogP contribution in [-0.2, 0) is 4.74 Å². The quantitative estimate of drug-likeness (QED) is 0.671. The van der Waals surface area contributed by atoms with Gasteiger partial charge in [0.25, 0.3) is 0 Å². The van der Waals surface area contributed by atoms with Gasteiger partial charge in [-0.1, -0.05) is 0 Å². The van der Waals surface area contributed by atoms with Crippen LogP contribution in [0.3, 0.4) is 0 Å². The number of ether oxygens (including phenoxy) is 1. The summed E-state index contributed by atoms with van der Waals surface area (Å²) in [5.41, 5.74) is 5.72. The van der Waals surface area contributed by atoms with Crippen LogP contribution in [0, 0.1) is 0 Å². The highest BCUT2D eigenvalue weighted by molar-refractivity contribution is 4.74. The van der Waals surface area contributed by atoms with Gasteiger partial charge < -0.3 is 15.4 Å². The van der Waals surface area contributed by atoms with E-state index in [9.17, 15) is 0 Å². The van der Waals surface area contributed by atoms with E-state index >= 15 is 0 Å². The second-order valence-corrected chi connectivity index (χ2v) is 3.71. The zero-order valence-corrected chi connectivity index (χ0v) is 8.12. The highest BCUT2D eigenvalue weighted by Gasteiger charge is 2.18. The van der Waals surface area contributed by atoms with Gasteiger partial charge in [-0.25, -0.2) is 0 Å². The number of methoxy groups -OCH3 is 1. The van der Waals surface area contributed by atoms with E-state index in [1.54, 1.807) is 7.11 Å². The lowest BCUT2D eigenvalue weighted by Gasteiger charge is -2.32. The van der Waals surface area contributed by atoms with Crippen LogP contribution in [0.5, 0.6) is 0 Å². The van der Waals surface area contributed by atoms with Crippen molar-refractivity contribution in [1.29, 1.82) is 0 Å². The van der Waals surface area contributed by atoms with Gasteiger partial charge in [-0.3, -0.25) is 0 Å². The molecular weight excluding hydrogens is 152 g/mol. The molecule has 1 fully saturated rings. The average Bonchev–Trinajstić information content (AvgIpc) is 2.05. The topological polar surface area (TPSA) is 38.5 Å². The maximum Gasteiger partial charge on any atom is 0.0595 e. The first-order chi connectivity index (χ1) is 5.72. The Morgan fingerprint density at radius 1 is 1.50 bits per heavy atom. The fourth-order valence-corrected chi connectivity index (χ4v) is 1.73. The van der Waals surface area contributed by atoms with Gasteiger partial charge in [0.1, 0.15) is 0 Å². The normalized spacial score (nSPS) is 24.2. The molecule has 3 nitrogen and oxygen atoms in total. The molecule has 0 amide bonds. The van der Waals surface area contributed by atoms with E-state index < -0.39 is 0 Å². The van der Waals surface area contributed by atoms with Crippen molar-refractivity contribution in [2.45, 2.75) is 31.9 Å². The smallest absolute Gasteiger partial charge is 0.0595 e. The summed E-state index contributed by atoms with van der Waals surface area (Å²) in [5, 5.41) is 0. The van der Waals surface area contributed by atoms with E-state index in [2.05, 4.69) is 11.8 Å². The highest BCUT2D eigenvalue weighted by atomic mass is 16.5. The van der Waals surface area contributed by atoms with Crippen LogP contribution in [0.4, 0.5) is 0 Å². The monoisotopic (exact) mass is 172 g/mol. The lowest BCUT2D eigenvalue weighted by Crippen LogP contribution is -2.42. The van der Waals surface area contributed by atoms with Crippen molar-refractivity contribution in [3.63, 3.8) is 0 Å². The third-order valence-electron chi connectivity index (χ3n) is 2.41. The van der Waals surface area contributed by atoms with Crippen LogP contribution in [-0.4, -0.2) is 43.8 Å². The Labute approximate surface area is 74.9 Å². The van der Waals surface area contributed by atoms with Gasteiger partial charge >= 0.3 is 0 Å². The number of hydrogen-bond donors (Lipinski definition) is 1. The third-order valence-corrected chi connectivity index (χ3v) is 2.41. The minimum atomic E-state index is 0.295. The molecule has 1 atom stereocenters. The first kappa shape index (κ1) is 9.96. The molecule has 0 bridgehead atoms. The second kappa shape index (κ2) is 4.80. The van der Waals surface area contributed by atoms with Gasteiger partial charge in [-0.05, 0) is 19.8 Å². The summed E-state index contributed by atoms with van der Waals surface area (Å²) in [7, 11) is 1.80. The minimum Gasteiger partial charge on any atom is -0.381 e. The number of likely N-dealkylation sites (tertiary alicyclic amines) is 1. The average molecular weight is 172 g/mol. The summed E-state index contributed by atoms with van der Waals surface area (Å²) in [5.74, 6) is 0. The minimum absolute atomic E-state index is 0.295. The molecule has 0 aromatic heterocycles. The first-order valence-corrected chi connectivity index (χ1v) is 4.73. The lowest BCUT2D eigenvalue weighted by molar-refractivity contribution is 0.0400. The Kier molecular flexibility index (Phi) is 3.98. The first-order valence-electron chi connectivity index (χ1n) is 4.73. The standard InChI is InChI=1S/C9H20N2O/c1-8(10)7-11-5-3-9(12-2)4-6-11/h8-9H,3-7,10H2,1-2H3. The fraction of sp³-hybridized carbons (Fsp3) is 1.00.